The number of rotatable bonds is 6. The minimum Gasteiger partial charge on any atom is -0.368 e. The number of nitrogens with two attached hydrogens (primary N) is 1. The van der Waals surface area contributed by atoms with E-state index in [0.717, 1.165) is 0 Å². The topological polar surface area (TPSA) is 76.3 Å². The van der Waals surface area contributed by atoms with Gasteiger partial charge in [-0.3, -0.25) is 9.59 Å². The van der Waals surface area contributed by atoms with Crippen molar-refractivity contribution in [3.63, 3.8) is 0 Å². The molecule has 3 aromatic rings. The summed E-state index contributed by atoms with van der Waals surface area (Å²) in [6.07, 6.45) is 0. The van der Waals surface area contributed by atoms with Gasteiger partial charge in [0, 0.05) is 11.3 Å². The predicted molar refractivity (Wildman–Crippen MR) is 104 cm³/mol. The van der Waals surface area contributed by atoms with Crippen LogP contribution in [0.15, 0.2) is 54.6 Å². The first-order valence-corrected chi connectivity index (χ1v) is 9.11. The van der Waals surface area contributed by atoms with E-state index in [-0.39, 0.29) is 11.6 Å². The van der Waals surface area contributed by atoms with Gasteiger partial charge in [-0.25, -0.2) is 9.37 Å². The summed E-state index contributed by atoms with van der Waals surface area (Å²) in [6, 6.07) is 13.9. The van der Waals surface area contributed by atoms with Crippen LogP contribution in [0, 0.1) is 12.7 Å². The maximum absolute atomic E-state index is 13.3. The first-order chi connectivity index (χ1) is 12.9. The Morgan fingerprint density at radius 1 is 1.11 bits per heavy atom. The number of anilines is 2. The first-order valence-electron chi connectivity index (χ1n) is 8.29. The standard InChI is InChI=1S/C20H18FN3O2S/c1-12-18(17(25)14-6-4-3-5-7-14)27-20(23-12)24(13(2)19(22)26)16-10-8-15(21)9-11-16/h3-11,13H,1-2H3,(H2,22,26). The van der Waals surface area contributed by atoms with Crippen LogP contribution in [0.4, 0.5) is 15.2 Å². The number of amides is 1. The van der Waals surface area contributed by atoms with Gasteiger partial charge in [-0.15, -0.1) is 0 Å². The zero-order valence-corrected chi connectivity index (χ0v) is 15.7. The van der Waals surface area contributed by atoms with E-state index < -0.39 is 11.9 Å². The van der Waals surface area contributed by atoms with Crippen LogP contribution in [0.5, 0.6) is 0 Å². The number of thiazole rings is 1. The van der Waals surface area contributed by atoms with E-state index in [1.807, 2.05) is 6.07 Å². The number of carbonyl (C=O) groups is 2. The van der Waals surface area contributed by atoms with E-state index >= 15 is 0 Å². The molecule has 2 N–H and O–H groups in total. The Labute approximate surface area is 160 Å². The molecule has 0 aliphatic carbocycles. The van der Waals surface area contributed by atoms with Crippen molar-refractivity contribution in [3.8, 4) is 0 Å². The number of aromatic nitrogens is 1. The van der Waals surface area contributed by atoms with Gasteiger partial charge < -0.3 is 10.6 Å². The van der Waals surface area contributed by atoms with Crippen molar-refractivity contribution in [1.82, 2.24) is 4.98 Å². The van der Waals surface area contributed by atoms with Crippen molar-refractivity contribution < 1.29 is 14.0 Å². The quantitative estimate of drug-likeness (QED) is 0.656. The van der Waals surface area contributed by atoms with Crippen molar-refractivity contribution in [2.45, 2.75) is 19.9 Å². The van der Waals surface area contributed by atoms with Crippen LogP contribution in [0.3, 0.4) is 0 Å². The van der Waals surface area contributed by atoms with Crippen LogP contribution in [0.2, 0.25) is 0 Å². The molecule has 1 heterocycles. The smallest absolute Gasteiger partial charge is 0.240 e. The number of aryl methyl sites for hydroxylation is 1. The predicted octanol–water partition coefficient (Wildman–Crippen LogP) is 3.83. The van der Waals surface area contributed by atoms with Crippen LogP contribution >= 0.6 is 11.3 Å². The number of hydrogen-bond acceptors (Lipinski definition) is 5. The molecule has 0 saturated carbocycles. The molecule has 5 nitrogen and oxygen atoms in total. The maximum atomic E-state index is 13.3. The number of hydrogen-bond donors (Lipinski definition) is 1. The fraction of sp³-hybridized carbons (Fsp3) is 0.150. The number of ketones is 1. The van der Waals surface area contributed by atoms with Gasteiger partial charge in [0.15, 0.2) is 5.13 Å². The number of halogens is 1. The Morgan fingerprint density at radius 2 is 1.74 bits per heavy atom. The Balaban J connectivity index is 2.04. The number of primary amides is 1. The van der Waals surface area contributed by atoms with E-state index in [9.17, 15) is 14.0 Å². The molecular weight excluding hydrogens is 365 g/mol. The van der Waals surface area contributed by atoms with Gasteiger partial charge in [0.2, 0.25) is 11.7 Å². The highest BCUT2D eigenvalue weighted by Gasteiger charge is 2.26. The van der Waals surface area contributed by atoms with Crippen LogP contribution in [-0.2, 0) is 4.79 Å². The molecule has 2 aromatic carbocycles. The van der Waals surface area contributed by atoms with E-state index in [1.54, 1.807) is 55.1 Å². The second kappa shape index (κ2) is 7.67. The molecule has 1 amide bonds. The third-order valence-corrected chi connectivity index (χ3v) is 5.29. The molecule has 3 rings (SSSR count). The molecule has 27 heavy (non-hydrogen) atoms. The lowest BCUT2D eigenvalue weighted by Gasteiger charge is -2.26. The normalized spacial score (nSPS) is 11.8. The summed E-state index contributed by atoms with van der Waals surface area (Å²) in [7, 11) is 0. The zero-order chi connectivity index (χ0) is 19.6. The Kier molecular flexibility index (Phi) is 5.32. The average Bonchev–Trinajstić information content (AvgIpc) is 3.04. The minimum absolute atomic E-state index is 0.136. The summed E-state index contributed by atoms with van der Waals surface area (Å²) in [5.41, 5.74) is 7.18. The molecule has 7 heteroatoms. The van der Waals surface area contributed by atoms with E-state index in [4.69, 9.17) is 5.73 Å². The van der Waals surface area contributed by atoms with Crippen LogP contribution in [-0.4, -0.2) is 22.7 Å². The first kappa shape index (κ1) is 18.7. The monoisotopic (exact) mass is 383 g/mol. The van der Waals surface area contributed by atoms with E-state index in [0.29, 0.717) is 27.0 Å². The summed E-state index contributed by atoms with van der Waals surface area (Å²) in [5.74, 6) is -1.08. The summed E-state index contributed by atoms with van der Waals surface area (Å²) in [6.45, 7) is 3.38. The second-order valence-electron chi connectivity index (χ2n) is 6.03. The number of benzene rings is 2. The Morgan fingerprint density at radius 3 is 2.33 bits per heavy atom. The van der Waals surface area contributed by atoms with Gasteiger partial charge in [-0.2, -0.15) is 0 Å². The number of carbonyl (C=O) groups excluding carboxylic acids is 2. The van der Waals surface area contributed by atoms with Gasteiger partial charge in [-0.1, -0.05) is 41.7 Å². The summed E-state index contributed by atoms with van der Waals surface area (Å²) in [4.78, 5) is 31.2. The third-order valence-electron chi connectivity index (χ3n) is 4.14. The Bertz CT molecular complexity index is 971. The van der Waals surface area contributed by atoms with Gasteiger partial charge in [-0.05, 0) is 38.1 Å². The van der Waals surface area contributed by atoms with Crippen molar-refractivity contribution in [3.05, 3.63) is 76.5 Å². The molecule has 0 aliphatic rings. The molecule has 1 unspecified atom stereocenters. The maximum Gasteiger partial charge on any atom is 0.240 e. The molecule has 1 aromatic heterocycles. The molecule has 0 bridgehead atoms. The van der Waals surface area contributed by atoms with Crippen LogP contribution < -0.4 is 10.6 Å². The molecule has 0 radical (unpaired) electrons. The van der Waals surface area contributed by atoms with Crippen LogP contribution in [0.25, 0.3) is 0 Å². The molecule has 138 valence electrons. The van der Waals surface area contributed by atoms with Crippen LogP contribution in [0.1, 0.15) is 27.9 Å². The van der Waals surface area contributed by atoms with Gasteiger partial charge in [0.05, 0.1) is 10.6 Å². The lowest BCUT2D eigenvalue weighted by molar-refractivity contribution is -0.118. The van der Waals surface area contributed by atoms with E-state index in [2.05, 4.69) is 4.98 Å². The van der Waals surface area contributed by atoms with Crippen molar-refractivity contribution >= 4 is 33.8 Å². The van der Waals surface area contributed by atoms with Gasteiger partial charge in [0.25, 0.3) is 0 Å². The molecule has 1 atom stereocenters. The largest absolute Gasteiger partial charge is 0.368 e. The molecule has 0 saturated heterocycles. The fourth-order valence-corrected chi connectivity index (χ4v) is 3.78. The molecular formula is C20H18FN3O2S. The minimum atomic E-state index is -0.722. The van der Waals surface area contributed by atoms with Gasteiger partial charge >= 0.3 is 0 Å². The number of nitrogens with zero attached hydrogens (tertiary/aromatic N) is 2. The van der Waals surface area contributed by atoms with Crippen molar-refractivity contribution in [2.24, 2.45) is 5.73 Å². The average molecular weight is 383 g/mol. The third kappa shape index (κ3) is 3.88. The highest BCUT2D eigenvalue weighted by molar-refractivity contribution is 7.18. The lowest BCUT2D eigenvalue weighted by Crippen LogP contribution is -2.39. The summed E-state index contributed by atoms with van der Waals surface area (Å²) < 4.78 is 13.3. The highest BCUT2D eigenvalue weighted by Crippen LogP contribution is 2.34. The van der Waals surface area contributed by atoms with Crippen molar-refractivity contribution in [2.75, 3.05) is 4.90 Å². The molecule has 0 spiro atoms. The highest BCUT2D eigenvalue weighted by atomic mass is 32.1. The second-order valence-corrected chi connectivity index (χ2v) is 7.01. The zero-order valence-electron chi connectivity index (χ0n) is 14.8. The van der Waals surface area contributed by atoms with Gasteiger partial charge in [0.1, 0.15) is 11.9 Å². The van der Waals surface area contributed by atoms with E-state index in [1.165, 1.54) is 23.5 Å². The lowest BCUT2D eigenvalue weighted by atomic mass is 10.1. The SMILES string of the molecule is Cc1nc(N(c2ccc(F)cc2)C(C)C(N)=O)sc1C(=O)c1ccccc1. The summed E-state index contributed by atoms with van der Waals surface area (Å²) >= 11 is 1.18. The summed E-state index contributed by atoms with van der Waals surface area (Å²) in [5, 5.41) is 0.449. The molecule has 0 aliphatic heterocycles. The van der Waals surface area contributed by atoms with Crippen molar-refractivity contribution in [1.29, 1.82) is 0 Å². The Hall–Kier alpha value is -3.06. The molecule has 0 fully saturated rings. The fourth-order valence-electron chi connectivity index (χ4n) is 2.65.